The largest absolute Gasteiger partial charge is 0.507 e. The molecule has 0 bridgehead atoms. The van der Waals surface area contributed by atoms with Crippen molar-refractivity contribution in [2.24, 2.45) is 0 Å². The highest BCUT2D eigenvalue weighted by Crippen LogP contribution is 2.33. The van der Waals surface area contributed by atoms with E-state index in [9.17, 15) is 14.3 Å². The minimum Gasteiger partial charge on any atom is -0.507 e. The monoisotopic (exact) mass is 480 g/mol. The normalized spacial score (nSPS) is 15.6. The number of phenols is 1. The summed E-state index contributed by atoms with van der Waals surface area (Å²) in [6, 6.07) is 16.9. The Kier molecular flexibility index (Phi) is 5.79. The van der Waals surface area contributed by atoms with Crippen molar-refractivity contribution in [3.63, 3.8) is 0 Å². The average molecular weight is 481 g/mol. The van der Waals surface area contributed by atoms with Gasteiger partial charge in [-0.1, -0.05) is 35.9 Å². The molecule has 0 radical (unpaired) electrons. The van der Waals surface area contributed by atoms with E-state index in [0.717, 1.165) is 22.3 Å². The Labute approximate surface area is 204 Å². The first kappa shape index (κ1) is 22.1. The van der Waals surface area contributed by atoms with E-state index in [1.807, 2.05) is 31.2 Å². The lowest BCUT2D eigenvalue weighted by atomic mass is 10.1. The summed E-state index contributed by atoms with van der Waals surface area (Å²) in [5.74, 6) is 0.0758. The van der Waals surface area contributed by atoms with E-state index in [2.05, 4.69) is 10.2 Å². The van der Waals surface area contributed by atoms with Gasteiger partial charge in [-0.05, 0) is 55.3 Å². The molecular formula is C26H26ClFN4O2. The van der Waals surface area contributed by atoms with Gasteiger partial charge >= 0.3 is 0 Å². The van der Waals surface area contributed by atoms with Crippen LogP contribution in [0, 0.1) is 12.7 Å². The molecule has 0 aliphatic carbocycles. The number of aromatic nitrogens is 2. The third-order valence-corrected chi connectivity index (χ3v) is 6.31. The van der Waals surface area contributed by atoms with Crippen LogP contribution in [0.2, 0.25) is 5.02 Å². The molecule has 6 nitrogen and oxygen atoms in total. The van der Waals surface area contributed by atoms with E-state index in [1.165, 1.54) is 18.2 Å². The Balaban J connectivity index is 0.00000180. The third kappa shape index (κ3) is 4.15. The van der Waals surface area contributed by atoms with Crippen LogP contribution in [0.5, 0.6) is 5.75 Å². The van der Waals surface area contributed by atoms with Crippen molar-refractivity contribution < 1.29 is 17.1 Å². The van der Waals surface area contributed by atoms with Gasteiger partial charge in [0.15, 0.2) is 5.82 Å². The highest BCUT2D eigenvalue weighted by molar-refractivity contribution is 6.33. The van der Waals surface area contributed by atoms with Crippen LogP contribution in [0.15, 0.2) is 60.7 Å². The summed E-state index contributed by atoms with van der Waals surface area (Å²) in [5, 5.41) is 14.2. The van der Waals surface area contributed by atoms with Gasteiger partial charge in [0, 0.05) is 27.4 Å². The van der Waals surface area contributed by atoms with Crippen molar-refractivity contribution in [1.29, 1.82) is 0 Å². The molecule has 34 heavy (non-hydrogen) atoms. The molecule has 1 aliphatic rings. The van der Waals surface area contributed by atoms with Gasteiger partial charge in [-0.2, -0.15) is 0 Å². The molecule has 1 saturated heterocycles. The second kappa shape index (κ2) is 8.91. The zero-order valence-electron chi connectivity index (χ0n) is 18.4. The molecule has 3 aromatic carbocycles. The van der Waals surface area contributed by atoms with Crippen LogP contribution in [-0.4, -0.2) is 40.1 Å². The van der Waals surface area contributed by atoms with Crippen LogP contribution in [-0.2, 0) is 0 Å². The average Bonchev–Trinajstić information content (AvgIpc) is 3.26. The maximum Gasteiger partial charge on any atom is 0.256 e. The van der Waals surface area contributed by atoms with Crippen LogP contribution in [0.25, 0.3) is 22.3 Å². The van der Waals surface area contributed by atoms with Crippen LogP contribution in [0.1, 0.15) is 25.2 Å². The molecule has 1 atom stereocenters. The highest BCUT2D eigenvalue weighted by Gasteiger charge is 2.28. The predicted molar refractivity (Wildman–Crippen MR) is 135 cm³/mol. The van der Waals surface area contributed by atoms with Crippen molar-refractivity contribution in [1.82, 2.24) is 15.3 Å². The summed E-state index contributed by atoms with van der Waals surface area (Å²) >= 11 is 6.05. The van der Waals surface area contributed by atoms with E-state index < -0.39 is 11.7 Å². The lowest BCUT2D eigenvalue weighted by Gasteiger charge is -2.21. The summed E-state index contributed by atoms with van der Waals surface area (Å²) in [6.45, 7) is 3.14. The second-order valence-electron chi connectivity index (χ2n) is 8.41. The number of aryl methyl sites for hydroxylation is 1. The van der Waals surface area contributed by atoms with Crippen LogP contribution >= 0.6 is 11.6 Å². The minimum atomic E-state index is -0.649. The number of hydrogen-bond acceptors (Lipinski definition) is 5. The van der Waals surface area contributed by atoms with Gasteiger partial charge in [0.25, 0.3) is 5.91 Å². The molecule has 0 saturated carbocycles. The van der Waals surface area contributed by atoms with E-state index in [1.54, 1.807) is 18.2 Å². The zero-order chi connectivity index (χ0) is 23.8. The predicted octanol–water partition coefficient (Wildman–Crippen LogP) is 5.60. The first-order chi connectivity index (χ1) is 16.4. The number of benzene rings is 3. The van der Waals surface area contributed by atoms with Crippen LogP contribution in [0.3, 0.4) is 0 Å². The fourth-order valence-corrected chi connectivity index (χ4v) is 4.54. The van der Waals surface area contributed by atoms with Gasteiger partial charge < -0.3 is 15.3 Å². The molecular weight excluding hydrogens is 455 g/mol. The van der Waals surface area contributed by atoms with Gasteiger partial charge in [0.1, 0.15) is 17.4 Å². The van der Waals surface area contributed by atoms with Gasteiger partial charge in [0.05, 0.1) is 21.7 Å². The number of fused-ring (bicyclic) bond motifs is 1. The number of nitrogens with one attached hydrogen (secondary N) is 1. The lowest BCUT2D eigenvalue weighted by molar-refractivity contribution is 0.0936. The number of hydrogen-bond donors (Lipinski definition) is 2. The molecule has 1 fully saturated rings. The van der Waals surface area contributed by atoms with Crippen molar-refractivity contribution in [3.8, 4) is 17.1 Å². The van der Waals surface area contributed by atoms with E-state index in [0.29, 0.717) is 30.9 Å². The maximum absolute atomic E-state index is 14.2. The maximum atomic E-state index is 14.2. The van der Waals surface area contributed by atoms with Gasteiger partial charge in [-0.25, -0.2) is 14.4 Å². The van der Waals surface area contributed by atoms with Crippen LogP contribution in [0.4, 0.5) is 10.2 Å². The van der Waals surface area contributed by atoms with E-state index >= 15 is 0 Å². The summed E-state index contributed by atoms with van der Waals surface area (Å²) in [7, 11) is 0. The molecule has 4 aromatic rings. The van der Waals surface area contributed by atoms with Crippen molar-refractivity contribution in [2.75, 3.05) is 18.0 Å². The fourth-order valence-electron chi connectivity index (χ4n) is 4.29. The Morgan fingerprint density at radius 3 is 2.79 bits per heavy atom. The highest BCUT2D eigenvalue weighted by atomic mass is 35.5. The topological polar surface area (TPSA) is 78.4 Å². The van der Waals surface area contributed by atoms with Gasteiger partial charge in [-0.15, -0.1) is 0 Å². The first-order valence-electron chi connectivity index (χ1n) is 11.0. The van der Waals surface area contributed by atoms with E-state index in [4.69, 9.17) is 21.6 Å². The van der Waals surface area contributed by atoms with Crippen molar-refractivity contribution in [3.05, 3.63) is 82.6 Å². The first-order valence-corrected chi connectivity index (χ1v) is 11.3. The van der Waals surface area contributed by atoms with Crippen LogP contribution < -0.4 is 10.2 Å². The molecule has 0 spiro atoms. The number of carbonyl (C=O) groups is 1. The van der Waals surface area contributed by atoms with E-state index in [-0.39, 0.29) is 25.2 Å². The fraction of sp³-hybridized carbons (Fsp3) is 0.192. The number of amides is 1. The number of phenolic OH excluding ortho intramolecular Hbond substituents is 1. The number of nitrogens with zero attached hydrogens (tertiary/aromatic N) is 3. The number of para-hydroxylation sites is 1. The lowest BCUT2D eigenvalue weighted by Crippen LogP contribution is -2.37. The summed E-state index contributed by atoms with van der Waals surface area (Å²) < 4.78 is 14.2. The van der Waals surface area contributed by atoms with Gasteiger partial charge in [0.2, 0.25) is 0 Å². The SMILES string of the molecule is Cc1ccc2c(N3CC[C@@H](NC(=O)c4c(F)cccc4Cl)C3)nc(-c3ccccc3O)nc2c1.[HH].[HH]. The second-order valence-corrected chi connectivity index (χ2v) is 8.82. The molecule has 2 N–H and O–H groups in total. The number of carbonyl (C=O) groups excluding carboxylic acids is 1. The Hall–Kier alpha value is -3.71. The van der Waals surface area contributed by atoms with Crippen molar-refractivity contribution >= 4 is 34.2 Å². The standard InChI is InChI=1S/C26H22ClFN4O2.2H2/c1-15-9-10-17-21(13-15)30-24(18-5-2-3-8-22(18)33)31-25(17)32-12-11-16(14-32)29-26(34)23-19(27)6-4-7-20(23)28;;/h2-10,13,16,33H,11-12,14H2,1H3,(H,29,34);2*1H/t16-;;/m1../s1. The molecule has 5 rings (SSSR count). The quantitative estimate of drug-likeness (QED) is 0.397. The number of rotatable bonds is 4. The molecule has 1 aliphatic heterocycles. The summed E-state index contributed by atoms with van der Waals surface area (Å²) in [5.41, 5.74) is 2.24. The Morgan fingerprint density at radius 2 is 2.00 bits per heavy atom. The molecule has 176 valence electrons. The number of aromatic hydroxyl groups is 1. The Morgan fingerprint density at radius 1 is 1.18 bits per heavy atom. The Bertz CT molecular complexity index is 1400. The third-order valence-electron chi connectivity index (χ3n) is 5.99. The molecule has 1 aromatic heterocycles. The number of halogens is 2. The number of anilines is 1. The minimum absolute atomic E-state index is 0. The summed E-state index contributed by atoms with van der Waals surface area (Å²) in [6.07, 6.45) is 0.668. The van der Waals surface area contributed by atoms with Gasteiger partial charge in [-0.3, -0.25) is 4.79 Å². The molecule has 0 unspecified atom stereocenters. The molecule has 2 heterocycles. The molecule has 1 amide bonds. The summed E-state index contributed by atoms with van der Waals surface area (Å²) in [4.78, 5) is 24.3. The molecule has 8 heteroatoms. The van der Waals surface area contributed by atoms with Crippen molar-refractivity contribution in [2.45, 2.75) is 19.4 Å². The zero-order valence-corrected chi connectivity index (χ0v) is 19.2. The smallest absolute Gasteiger partial charge is 0.256 e.